The van der Waals surface area contributed by atoms with E-state index in [4.69, 9.17) is 9.72 Å². The summed E-state index contributed by atoms with van der Waals surface area (Å²) < 4.78 is 5.22. The Kier molecular flexibility index (Phi) is 4.99. The van der Waals surface area contributed by atoms with Crippen LogP contribution in [0.2, 0.25) is 0 Å². The molecular weight excluding hydrogens is 384 g/mol. The Morgan fingerprint density at radius 3 is 2.35 bits per heavy atom. The molecule has 5 aromatic rings. The number of nitrogens with zero attached hydrogens (tertiary/aromatic N) is 3. The van der Waals surface area contributed by atoms with Crippen molar-refractivity contribution in [3.8, 4) is 28.3 Å². The fraction of sp³-hybridized carbons (Fsp3) is 0.0385. The van der Waals surface area contributed by atoms with Crippen LogP contribution in [0.5, 0.6) is 5.75 Å². The van der Waals surface area contributed by atoms with Crippen LogP contribution in [0.4, 0.5) is 0 Å². The lowest BCUT2D eigenvalue weighted by Crippen LogP contribution is -1.99. The Hall–Kier alpha value is -4.25. The Labute approximate surface area is 180 Å². The molecule has 0 atom stereocenters. The molecule has 150 valence electrons. The number of aromatic nitrogens is 4. The van der Waals surface area contributed by atoms with Crippen molar-refractivity contribution in [2.75, 3.05) is 7.11 Å². The van der Waals surface area contributed by atoms with E-state index in [0.717, 1.165) is 44.7 Å². The first-order valence-electron chi connectivity index (χ1n) is 10.0. The second-order valence-corrected chi connectivity index (χ2v) is 7.09. The minimum absolute atomic E-state index is 0.552. The average Bonchev–Trinajstić information content (AvgIpc) is 3.27. The molecule has 0 radical (unpaired) electrons. The molecule has 0 unspecified atom stereocenters. The third kappa shape index (κ3) is 3.81. The van der Waals surface area contributed by atoms with Gasteiger partial charge in [0.1, 0.15) is 17.1 Å². The maximum atomic E-state index is 5.22. The van der Waals surface area contributed by atoms with Crippen molar-refractivity contribution < 1.29 is 4.74 Å². The summed E-state index contributed by atoms with van der Waals surface area (Å²) in [7, 11) is 1.66. The molecule has 0 fully saturated rings. The molecule has 5 heteroatoms. The smallest absolute Gasteiger partial charge is 0.175 e. The molecule has 0 amide bonds. The van der Waals surface area contributed by atoms with Crippen LogP contribution in [-0.4, -0.2) is 27.3 Å². The summed E-state index contributed by atoms with van der Waals surface area (Å²) in [6.45, 7) is 0. The van der Waals surface area contributed by atoms with Crippen LogP contribution in [0, 0.1) is 0 Å². The molecule has 5 nitrogen and oxygen atoms in total. The Balaban J connectivity index is 1.60. The molecule has 0 bridgehead atoms. The van der Waals surface area contributed by atoms with Crippen molar-refractivity contribution in [3.05, 3.63) is 96.4 Å². The maximum Gasteiger partial charge on any atom is 0.175 e. The van der Waals surface area contributed by atoms with E-state index in [0.29, 0.717) is 5.82 Å². The van der Waals surface area contributed by atoms with E-state index in [9.17, 15) is 0 Å². The summed E-state index contributed by atoms with van der Waals surface area (Å²) >= 11 is 0. The molecule has 0 aliphatic heterocycles. The van der Waals surface area contributed by atoms with Gasteiger partial charge in [-0.15, -0.1) is 10.2 Å². The molecule has 2 heterocycles. The average molecular weight is 404 g/mol. The maximum absolute atomic E-state index is 5.22. The molecule has 0 spiro atoms. The number of methoxy groups -OCH3 is 1. The lowest BCUT2D eigenvalue weighted by Gasteiger charge is -2.08. The first kappa shape index (κ1) is 18.8. The van der Waals surface area contributed by atoms with E-state index in [1.807, 2.05) is 85.1 Å². The second-order valence-electron chi connectivity index (χ2n) is 7.09. The highest BCUT2D eigenvalue weighted by atomic mass is 16.5. The number of nitrogens with one attached hydrogen (secondary N) is 1. The van der Waals surface area contributed by atoms with Gasteiger partial charge in [-0.1, -0.05) is 66.7 Å². The zero-order chi connectivity index (χ0) is 21.0. The van der Waals surface area contributed by atoms with Gasteiger partial charge in [0.25, 0.3) is 0 Å². The molecule has 0 aliphatic rings. The zero-order valence-corrected chi connectivity index (χ0v) is 17.0. The predicted octanol–water partition coefficient (Wildman–Crippen LogP) is 5.87. The van der Waals surface area contributed by atoms with Crippen LogP contribution in [0.15, 0.2) is 85.1 Å². The third-order valence-electron chi connectivity index (χ3n) is 5.14. The van der Waals surface area contributed by atoms with E-state index >= 15 is 0 Å². The predicted molar refractivity (Wildman–Crippen MR) is 124 cm³/mol. The minimum atomic E-state index is 0.552. The first-order chi connectivity index (χ1) is 15.3. The molecule has 31 heavy (non-hydrogen) atoms. The highest BCUT2D eigenvalue weighted by Gasteiger charge is 2.16. The van der Waals surface area contributed by atoms with Crippen molar-refractivity contribution in [1.29, 1.82) is 0 Å². The van der Waals surface area contributed by atoms with Gasteiger partial charge >= 0.3 is 0 Å². The van der Waals surface area contributed by atoms with Crippen molar-refractivity contribution in [2.24, 2.45) is 0 Å². The van der Waals surface area contributed by atoms with E-state index in [2.05, 4.69) is 27.3 Å². The van der Waals surface area contributed by atoms with Crippen LogP contribution in [0.25, 0.3) is 45.6 Å². The van der Waals surface area contributed by atoms with Crippen molar-refractivity contribution >= 4 is 23.1 Å². The lowest BCUT2D eigenvalue weighted by molar-refractivity contribution is 0.415. The van der Waals surface area contributed by atoms with Gasteiger partial charge in [0, 0.05) is 28.2 Å². The van der Waals surface area contributed by atoms with Gasteiger partial charge in [-0.2, -0.15) is 0 Å². The van der Waals surface area contributed by atoms with Crippen LogP contribution in [0.3, 0.4) is 0 Å². The van der Waals surface area contributed by atoms with Crippen molar-refractivity contribution in [2.45, 2.75) is 0 Å². The monoisotopic (exact) mass is 404 g/mol. The summed E-state index contributed by atoms with van der Waals surface area (Å²) in [5, 5.41) is 10.0. The fourth-order valence-corrected chi connectivity index (χ4v) is 3.54. The number of ether oxygens (including phenoxy) is 1. The number of para-hydroxylation sites is 1. The molecule has 0 aliphatic carbocycles. The van der Waals surface area contributed by atoms with E-state index in [1.54, 1.807) is 7.11 Å². The normalized spacial score (nSPS) is 11.3. The van der Waals surface area contributed by atoms with Gasteiger partial charge in [0.2, 0.25) is 0 Å². The van der Waals surface area contributed by atoms with Gasteiger partial charge in [-0.3, -0.25) is 0 Å². The minimum Gasteiger partial charge on any atom is -0.497 e. The van der Waals surface area contributed by atoms with E-state index in [-0.39, 0.29) is 0 Å². The standard InChI is InChI=1S/C26H20N4O/c1-31-20-14-11-18(12-15-20)13-16-24-28-26(22-17-27-23-10-6-5-9-21(22)23)25(30-29-24)19-7-3-2-4-8-19/h2-17,27H,1H3/b16-13+. The van der Waals surface area contributed by atoms with E-state index in [1.165, 1.54) is 0 Å². The molecule has 2 aromatic heterocycles. The van der Waals surface area contributed by atoms with Crippen LogP contribution in [0.1, 0.15) is 11.4 Å². The van der Waals surface area contributed by atoms with Gasteiger partial charge in [-0.25, -0.2) is 4.98 Å². The van der Waals surface area contributed by atoms with Gasteiger partial charge in [0.05, 0.1) is 7.11 Å². The van der Waals surface area contributed by atoms with Gasteiger partial charge in [-0.05, 0) is 29.8 Å². The molecule has 3 aromatic carbocycles. The largest absolute Gasteiger partial charge is 0.497 e. The molecular formula is C26H20N4O. The molecule has 0 saturated carbocycles. The van der Waals surface area contributed by atoms with E-state index < -0.39 is 0 Å². The molecule has 5 rings (SSSR count). The number of hydrogen-bond acceptors (Lipinski definition) is 4. The van der Waals surface area contributed by atoms with Crippen LogP contribution in [-0.2, 0) is 0 Å². The number of benzene rings is 3. The first-order valence-corrected chi connectivity index (χ1v) is 10.0. The zero-order valence-electron chi connectivity index (χ0n) is 17.0. The topological polar surface area (TPSA) is 63.7 Å². The Morgan fingerprint density at radius 1 is 0.774 bits per heavy atom. The SMILES string of the molecule is COc1ccc(/C=C/c2nnc(-c3ccccc3)c(-c3c[nH]c4ccccc34)n2)cc1. The lowest BCUT2D eigenvalue weighted by atomic mass is 10.0. The van der Waals surface area contributed by atoms with Crippen LogP contribution >= 0.6 is 0 Å². The van der Waals surface area contributed by atoms with Crippen molar-refractivity contribution in [1.82, 2.24) is 20.2 Å². The molecule has 1 N–H and O–H groups in total. The fourth-order valence-electron chi connectivity index (χ4n) is 3.54. The summed E-state index contributed by atoms with van der Waals surface area (Å²) in [6.07, 6.45) is 5.83. The number of fused-ring (bicyclic) bond motifs is 1. The van der Waals surface area contributed by atoms with Crippen LogP contribution < -0.4 is 4.74 Å². The Bertz CT molecular complexity index is 1360. The number of H-pyrrole nitrogens is 1. The van der Waals surface area contributed by atoms with Gasteiger partial charge < -0.3 is 9.72 Å². The number of aromatic amines is 1. The molecule has 0 saturated heterocycles. The Morgan fingerprint density at radius 2 is 1.55 bits per heavy atom. The summed E-state index contributed by atoms with van der Waals surface area (Å²) in [5.74, 6) is 1.37. The summed E-state index contributed by atoms with van der Waals surface area (Å²) in [5.41, 5.74) is 5.63. The third-order valence-corrected chi connectivity index (χ3v) is 5.14. The number of rotatable bonds is 5. The number of hydrogen-bond donors (Lipinski definition) is 1. The highest BCUT2D eigenvalue weighted by Crippen LogP contribution is 2.33. The second kappa shape index (κ2) is 8.24. The van der Waals surface area contributed by atoms with Crippen molar-refractivity contribution in [3.63, 3.8) is 0 Å². The quantitative estimate of drug-likeness (QED) is 0.398. The van der Waals surface area contributed by atoms with Gasteiger partial charge in [0.15, 0.2) is 5.82 Å². The summed E-state index contributed by atoms with van der Waals surface area (Å²) in [4.78, 5) is 8.22. The summed E-state index contributed by atoms with van der Waals surface area (Å²) in [6, 6.07) is 26.0. The highest BCUT2D eigenvalue weighted by molar-refractivity contribution is 5.97.